The molecule has 0 radical (unpaired) electrons. The number of likely N-dealkylation sites (tertiary alicyclic amines) is 1. The van der Waals surface area contributed by atoms with Gasteiger partial charge in [-0.3, -0.25) is 4.79 Å². The molecule has 2 N–H and O–H groups in total. The molecule has 1 amide bonds. The van der Waals surface area contributed by atoms with Crippen molar-refractivity contribution in [2.75, 3.05) is 27.2 Å². The maximum absolute atomic E-state index is 11.8. The highest BCUT2D eigenvalue weighted by molar-refractivity contribution is 5.81. The van der Waals surface area contributed by atoms with Crippen molar-refractivity contribution in [1.82, 2.24) is 9.80 Å². The monoisotopic (exact) mass is 213 g/mol. The maximum atomic E-state index is 11.8. The molecule has 4 nitrogen and oxygen atoms in total. The van der Waals surface area contributed by atoms with Crippen LogP contribution in [0.5, 0.6) is 0 Å². The van der Waals surface area contributed by atoms with Gasteiger partial charge in [-0.05, 0) is 32.9 Å². The lowest BCUT2D eigenvalue weighted by Gasteiger charge is -2.40. The van der Waals surface area contributed by atoms with Crippen LogP contribution in [0.25, 0.3) is 0 Å². The average Bonchev–Trinajstić information content (AvgIpc) is 2.15. The smallest absolute Gasteiger partial charge is 0.239 e. The number of rotatable bonds is 2. The zero-order chi connectivity index (χ0) is 11.6. The van der Waals surface area contributed by atoms with E-state index >= 15 is 0 Å². The van der Waals surface area contributed by atoms with Crippen LogP contribution in [0.3, 0.4) is 0 Å². The predicted octanol–water partition coefficient (Wildman–Crippen LogP) is 0.132. The summed E-state index contributed by atoms with van der Waals surface area (Å²) in [5.74, 6) is 0.577. The molecule has 2 unspecified atom stereocenters. The van der Waals surface area contributed by atoms with Crippen LogP contribution < -0.4 is 5.73 Å². The highest BCUT2D eigenvalue weighted by Gasteiger charge is 2.30. The number of hydrogen-bond acceptors (Lipinski definition) is 3. The summed E-state index contributed by atoms with van der Waals surface area (Å²) < 4.78 is 0. The number of piperidine rings is 1. The molecule has 0 aromatic carbocycles. The molecule has 0 spiro atoms. The fourth-order valence-corrected chi connectivity index (χ4v) is 2.40. The Bertz CT molecular complexity index is 230. The van der Waals surface area contributed by atoms with Crippen LogP contribution in [0.4, 0.5) is 0 Å². The highest BCUT2D eigenvalue weighted by atomic mass is 16.2. The molecule has 0 aromatic heterocycles. The van der Waals surface area contributed by atoms with Gasteiger partial charge in [0, 0.05) is 19.6 Å². The number of hydrogen-bond donors (Lipinski definition) is 1. The summed E-state index contributed by atoms with van der Waals surface area (Å²) in [6.07, 6.45) is 1.05. The van der Waals surface area contributed by atoms with E-state index in [4.69, 9.17) is 5.73 Å². The molecule has 1 aliphatic rings. The van der Waals surface area contributed by atoms with E-state index in [0.717, 1.165) is 19.5 Å². The molecule has 1 aliphatic heterocycles. The molecule has 88 valence electrons. The summed E-state index contributed by atoms with van der Waals surface area (Å²) in [6, 6.07) is -0.0402. The minimum atomic E-state index is -0.387. The number of nitrogens with two attached hydrogens (primary N) is 1. The number of carbonyl (C=O) groups is 1. The summed E-state index contributed by atoms with van der Waals surface area (Å²) in [5.41, 5.74) is 5.61. The van der Waals surface area contributed by atoms with Gasteiger partial charge < -0.3 is 15.5 Å². The van der Waals surface area contributed by atoms with Gasteiger partial charge >= 0.3 is 0 Å². The third-order valence-corrected chi connectivity index (χ3v) is 3.30. The lowest BCUT2D eigenvalue weighted by molar-refractivity contribution is -0.134. The Hall–Kier alpha value is -0.610. The number of nitrogens with zero attached hydrogens (tertiary/aromatic N) is 2. The van der Waals surface area contributed by atoms with E-state index in [1.165, 1.54) is 0 Å². The fourth-order valence-electron chi connectivity index (χ4n) is 2.40. The number of likely N-dealkylation sites (N-methyl/N-ethyl adjacent to an activating group) is 1. The van der Waals surface area contributed by atoms with E-state index in [1.54, 1.807) is 6.92 Å². The molecule has 1 fully saturated rings. The van der Waals surface area contributed by atoms with Crippen LogP contribution >= 0.6 is 0 Å². The van der Waals surface area contributed by atoms with E-state index in [-0.39, 0.29) is 11.9 Å². The Balaban J connectivity index is 2.59. The van der Waals surface area contributed by atoms with Crippen molar-refractivity contribution < 1.29 is 4.79 Å². The summed E-state index contributed by atoms with van der Waals surface area (Å²) in [4.78, 5) is 15.9. The van der Waals surface area contributed by atoms with E-state index in [9.17, 15) is 4.79 Å². The van der Waals surface area contributed by atoms with Gasteiger partial charge in [-0.2, -0.15) is 0 Å². The summed E-state index contributed by atoms with van der Waals surface area (Å²) in [5, 5.41) is 0. The Morgan fingerprint density at radius 2 is 2.20 bits per heavy atom. The molecule has 1 heterocycles. The number of carbonyl (C=O) groups excluding carboxylic acids is 1. The van der Waals surface area contributed by atoms with E-state index in [1.807, 2.05) is 11.9 Å². The molecule has 0 saturated carbocycles. The molecule has 3 atom stereocenters. The fraction of sp³-hybridized carbons (Fsp3) is 0.909. The van der Waals surface area contributed by atoms with Crippen molar-refractivity contribution in [2.24, 2.45) is 11.7 Å². The first-order valence-corrected chi connectivity index (χ1v) is 5.64. The van der Waals surface area contributed by atoms with Crippen molar-refractivity contribution in [1.29, 1.82) is 0 Å². The zero-order valence-corrected chi connectivity index (χ0v) is 10.2. The lowest BCUT2D eigenvalue weighted by atomic mass is 9.92. The topological polar surface area (TPSA) is 49.6 Å². The van der Waals surface area contributed by atoms with Crippen LogP contribution in [0.2, 0.25) is 0 Å². The largest absolute Gasteiger partial charge is 0.341 e. The van der Waals surface area contributed by atoms with E-state index < -0.39 is 0 Å². The quantitative estimate of drug-likeness (QED) is 0.709. The lowest BCUT2D eigenvalue weighted by Crippen LogP contribution is -2.52. The molecule has 4 heteroatoms. The van der Waals surface area contributed by atoms with E-state index in [2.05, 4.69) is 18.9 Å². The van der Waals surface area contributed by atoms with Crippen molar-refractivity contribution in [3.8, 4) is 0 Å². The van der Waals surface area contributed by atoms with Gasteiger partial charge in [0.25, 0.3) is 0 Å². The minimum absolute atomic E-state index is 0.0522. The van der Waals surface area contributed by atoms with Crippen molar-refractivity contribution in [2.45, 2.75) is 32.4 Å². The molecular formula is C11H23N3O. The predicted molar refractivity (Wildman–Crippen MR) is 61.5 cm³/mol. The van der Waals surface area contributed by atoms with Crippen LogP contribution in [0.1, 0.15) is 20.3 Å². The maximum Gasteiger partial charge on any atom is 0.239 e. The summed E-state index contributed by atoms with van der Waals surface area (Å²) in [6.45, 7) is 6.07. The number of amides is 1. The first-order valence-electron chi connectivity index (χ1n) is 5.64. The Morgan fingerprint density at radius 1 is 1.60 bits per heavy atom. The van der Waals surface area contributed by atoms with Crippen molar-refractivity contribution >= 4 is 5.91 Å². The van der Waals surface area contributed by atoms with Gasteiger partial charge in [0.1, 0.15) is 0 Å². The molecule has 0 bridgehead atoms. The summed E-state index contributed by atoms with van der Waals surface area (Å²) in [7, 11) is 4.00. The second-order valence-corrected chi connectivity index (χ2v) is 4.83. The average molecular weight is 213 g/mol. The van der Waals surface area contributed by atoms with Gasteiger partial charge in [0.15, 0.2) is 0 Å². The Kier molecular flexibility index (Phi) is 4.11. The normalized spacial score (nSPS) is 29.9. The second-order valence-electron chi connectivity index (χ2n) is 4.83. The standard InChI is InChI=1S/C11H23N3O/c1-8-7-13(3)6-5-10(8)14(4)11(15)9(2)12/h8-10H,5-7,12H2,1-4H3/t8?,9-,10?/m1/s1. The SMILES string of the molecule is CC1CN(C)CCC1N(C)C(=O)[C@@H](C)N. The third kappa shape index (κ3) is 2.92. The van der Waals surface area contributed by atoms with Gasteiger partial charge in [-0.1, -0.05) is 6.92 Å². The minimum Gasteiger partial charge on any atom is -0.341 e. The van der Waals surface area contributed by atoms with Gasteiger partial charge in [-0.15, -0.1) is 0 Å². The highest BCUT2D eigenvalue weighted by Crippen LogP contribution is 2.20. The van der Waals surface area contributed by atoms with E-state index in [0.29, 0.717) is 12.0 Å². The van der Waals surface area contributed by atoms with Crippen molar-refractivity contribution in [3.63, 3.8) is 0 Å². The van der Waals surface area contributed by atoms with Crippen LogP contribution in [-0.4, -0.2) is 55.0 Å². The molecule has 1 saturated heterocycles. The molecule has 15 heavy (non-hydrogen) atoms. The Morgan fingerprint density at radius 3 is 2.67 bits per heavy atom. The van der Waals surface area contributed by atoms with Gasteiger partial charge in [0.2, 0.25) is 5.91 Å². The van der Waals surface area contributed by atoms with Crippen LogP contribution in [0, 0.1) is 5.92 Å². The Labute approximate surface area is 92.4 Å². The van der Waals surface area contributed by atoms with Gasteiger partial charge in [0.05, 0.1) is 6.04 Å². The van der Waals surface area contributed by atoms with Crippen LogP contribution in [-0.2, 0) is 4.79 Å². The van der Waals surface area contributed by atoms with Crippen LogP contribution in [0.15, 0.2) is 0 Å². The summed E-state index contributed by atoms with van der Waals surface area (Å²) >= 11 is 0. The second kappa shape index (κ2) is 4.94. The molecule has 0 aromatic rings. The molecular weight excluding hydrogens is 190 g/mol. The van der Waals surface area contributed by atoms with Crippen molar-refractivity contribution in [3.05, 3.63) is 0 Å². The first kappa shape index (κ1) is 12.5. The molecule has 0 aliphatic carbocycles. The zero-order valence-electron chi connectivity index (χ0n) is 10.2. The molecule has 1 rings (SSSR count). The van der Waals surface area contributed by atoms with Gasteiger partial charge in [-0.25, -0.2) is 0 Å². The third-order valence-electron chi connectivity index (χ3n) is 3.30. The first-order chi connectivity index (χ1) is 6.93.